The summed E-state index contributed by atoms with van der Waals surface area (Å²) in [6, 6.07) is 29.1. The molecule has 3 nitrogen and oxygen atoms in total. The first-order chi connectivity index (χ1) is 13.3. The van der Waals surface area contributed by atoms with Crippen molar-refractivity contribution in [3.05, 3.63) is 102 Å². The molecule has 27 heavy (non-hydrogen) atoms. The number of ketones is 1. The van der Waals surface area contributed by atoms with Gasteiger partial charge in [-0.05, 0) is 29.3 Å². The van der Waals surface area contributed by atoms with Crippen molar-refractivity contribution in [3.8, 4) is 28.1 Å². The molecule has 3 aromatic carbocycles. The highest BCUT2D eigenvalue weighted by atomic mass is 16.5. The zero-order chi connectivity index (χ0) is 18.6. The fraction of sp³-hybridized carbons (Fsp3) is 0.0417. The predicted molar refractivity (Wildman–Crippen MR) is 108 cm³/mol. The lowest BCUT2D eigenvalue weighted by molar-refractivity contribution is 0.103. The fourth-order valence-electron chi connectivity index (χ4n) is 3.14. The summed E-state index contributed by atoms with van der Waals surface area (Å²) in [6.07, 6.45) is 0. The van der Waals surface area contributed by atoms with Crippen molar-refractivity contribution >= 4 is 5.78 Å². The van der Waals surface area contributed by atoms with Crippen LogP contribution in [0.5, 0.6) is 5.75 Å². The highest BCUT2D eigenvalue weighted by Crippen LogP contribution is 2.32. The van der Waals surface area contributed by atoms with E-state index in [9.17, 15) is 4.79 Å². The van der Waals surface area contributed by atoms with E-state index < -0.39 is 0 Å². The largest absolute Gasteiger partial charge is 0.497 e. The van der Waals surface area contributed by atoms with E-state index in [1.807, 2.05) is 91.0 Å². The standard InChI is InChI=1S/C24H19NO2/c1-27-20-14-12-17(13-15-20)21-16-22(18-8-4-2-5-9-18)25-23(21)24(26)19-10-6-3-7-11-19/h2-16,25H,1H3. The van der Waals surface area contributed by atoms with Crippen LogP contribution in [0.4, 0.5) is 0 Å². The Morgan fingerprint density at radius 2 is 1.41 bits per heavy atom. The van der Waals surface area contributed by atoms with E-state index in [0.717, 1.165) is 28.1 Å². The molecular weight excluding hydrogens is 334 g/mol. The molecular formula is C24H19NO2. The molecule has 0 radical (unpaired) electrons. The van der Waals surface area contributed by atoms with Gasteiger partial charge in [0.1, 0.15) is 5.75 Å². The molecule has 0 saturated heterocycles. The minimum Gasteiger partial charge on any atom is -0.497 e. The number of methoxy groups -OCH3 is 1. The second-order valence-corrected chi connectivity index (χ2v) is 6.26. The summed E-state index contributed by atoms with van der Waals surface area (Å²) in [6.45, 7) is 0. The second-order valence-electron chi connectivity index (χ2n) is 6.26. The van der Waals surface area contributed by atoms with Gasteiger partial charge in [0.15, 0.2) is 0 Å². The van der Waals surface area contributed by atoms with Crippen molar-refractivity contribution in [1.29, 1.82) is 0 Å². The van der Waals surface area contributed by atoms with E-state index in [0.29, 0.717) is 11.3 Å². The number of carbonyl (C=O) groups is 1. The van der Waals surface area contributed by atoms with Crippen molar-refractivity contribution in [2.75, 3.05) is 7.11 Å². The van der Waals surface area contributed by atoms with Crippen LogP contribution in [0.2, 0.25) is 0 Å². The molecule has 0 aliphatic carbocycles. The lowest BCUT2D eigenvalue weighted by Crippen LogP contribution is -2.03. The van der Waals surface area contributed by atoms with Gasteiger partial charge in [-0.2, -0.15) is 0 Å². The molecule has 3 heteroatoms. The smallest absolute Gasteiger partial charge is 0.209 e. The van der Waals surface area contributed by atoms with Gasteiger partial charge in [-0.25, -0.2) is 0 Å². The van der Waals surface area contributed by atoms with Crippen LogP contribution in [0.25, 0.3) is 22.4 Å². The van der Waals surface area contributed by atoms with Gasteiger partial charge in [0.05, 0.1) is 12.8 Å². The summed E-state index contributed by atoms with van der Waals surface area (Å²) >= 11 is 0. The fourth-order valence-corrected chi connectivity index (χ4v) is 3.14. The van der Waals surface area contributed by atoms with Crippen LogP contribution in [-0.2, 0) is 0 Å². The van der Waals surface area contributed by atoms with Crippen molar-refractivity contribution < 1.29 is 9.53 Å². The number of aromatic nitrogens is 1. The van der Waals surface area contributed by atoms with Gasteiger partial charge in [-0.3, -0.25) is 4.79 Å². The maximum absolute atomic E-state index is 13.2. The molecule has 0 amide bonds. The number of hydrogen-bond acceptors (Lipinski definition) is 2. The summed E-state index contributed by atoms with van der Waals surface area (Å²) < 4.78 is 5.25. The average Bonchev–Trinajstić information content (AvgIpc) is 3.20. The molecule has 0 aliphatic heterocycles. The number of carbonyl (C=O) groups excluding carboxylic acids is 1. The summed E-state index contributed by atoms with van der Waals surface area (Å²) in [5.74, 6) is 0.761. The molecule has 0 fully saturated rings. The average molecular weight is 353 g/mol. The molecule has 0 bridgehead atoms. The Morgan fingerprint density at radius 1 is 0.778 bits per heavy atom. The first-order valence-electron chi connectivity index (χ1n) is 8.79. The first-order valence-corrected chi connectivity index (χ1v) is 8.79. The normalized spacial score (nSPS) is 10.6. The van der Waals surface area contributed by atoms with E-state index in [1.165, 1.54) is 0 Å². The topological polar surface area (TPSA) is 42.1 Å². The molecule has 132 valence electrons. The van der Waals surface area contributed by atoms with E-state index >= 15 is 0 Å². The van der Waals surface area contributed by atoms with E-state index in [1.54, 1.807) is 7.11 Å². The number of aromatic amines is 1. The number of benzene rings is 3. The highest BCUT2D eigenvalue weighted by Gasteiger charge is 2.19. The molecule has 4 rings (SSSR count). The number of ether oxygens (including phenoxy) is 1. The Balaban J connectivity index is 1.84. The van der Waals surface area contributed by atoms with Crippen LogP contribution in [0.15, 0.2) is 91.0 Å². The third kappa shape index (κ3) is 3.40. The number of rotatable bonds is 5. The molecule has 0 spiro atoms. The zero-order valence-corrected chi connectivity index (χ0v) is 15.0. The molecule has 0 saturated carbocycles. The van der Waals surface area contributed by atoms with Crippen molar-refractivity contribution in [3.63, 3.8) is 0 Å². The Morgan fingerprint density at radius 3 is 2.04 bits per heavy atom. The van der Waals surface area contributed by atoms with Crippen molar-refractivity contribution in [2.24, 2.45) is 0 Å². The van der Waals surface area contributed by atoms with Crippen molar-refractivity contribution in [2.45, 2.75) is 0 Å². The molecule has 1 aromatic heterocycles. The highest BCUT2D eigenvalue weighted by molar-refractivity contribution is 6.12. The SMILES string of the molecule is COc1ccc(-c2cc(-c3ccccc3)[nH]c2C(=O)c2ccccc2)cc1. The van der Waals surface area contributed by atoms with Crippen molar-refractivity contribution in [1.82, 2.24) is 4.98 Å². The molecule has 4 aromatic rings. The minimum absolute atomic E-state index is 0.0244. The quantitative estimate of drug-likeness (QED) is 0.475. The summed E-state index contributed by atoms with van der Waals surface area (Å²) in [5.41, 5.74) is 5.05. The lowest BCUT2D eigenvalue weighted by atomic mass is 10.00. The molecule has 0 atom stereocenters. The number of hydrogen-bond donors (Lipinski definition) is 1. The van der Waals surface area contributed by atoms with Gasteiger partial charge in [0.2, 0.25) is 5.78 Å². The number of nitrogens with one attached hydrogen (secondary N) is 1. The second kappa shape index (κ2) is 7.34. The first kappa shape index (κ1) is 16.9. The summed E-state index contributed by atoms with van der Waals surface area (Å²) in [4.78, 5) is 16.5. The Hall–Kier alpha value is -3.59. The van der Waals surface area contributed by atoms with Gasteiger partial charge < -0.3 is 9.72 Å². The van der Waals surface area contributed by atoms with Crippen LogP contribution >= 0.6 is 0 Å². The van der Waals surface area contributed by atoms with Gasteiger partial charge >= 0.3 is 0 Å². The van der Waals surface area contributed by atoms with E-state index in [4.69, 9.17) is 4.74 Å². The van der Waals surface area contributed by atoms with Crippen LogP contribution < -0.4 is 4.74 Å². The summed E-state index contributed by atoms with van der Waals surface area (Å²) in [7, 11) is 1.64. The third-order valence-corrected chi connectivity index (χ3v) is 4.57. The van der Waals surface area contributed by atoms with Gasteiger partial charge in [0.25, 0.3) is 0 Å². The molecule has 1 heterocycles. The molecule has 1 N–H and O–H groups in total. The monoisotopic (exact) mass is 353 g/mol. The zero-order valence-electron chi connectivity index (χ0n) is 15.0. The third-order valence-electron chi connectivity index (χ3n) is 4.57. The maximum atomic E-state index is 13.2. The maximum Gasteiger partial charge on any atom is 0.209 e. The Bertz CT molecular complexity index is 1050. The van der Waals surface area contributed by atoms with Crippen LogP contribution in [0, 0.1) is 0 Å². The Kier molecular flexibility index (Phi) is 4.58. The van der Waals surface area contributed by atoms with Gasteiger partial charge in [-0.15, -0.1) is 0 Å². The van der Waals surface area contributed by atoms with Crippen LogP contribution in [-0.4, -0.2) is 17.9 Å². The molecule has 0 unspecified atom stereocenters. The minimum atomic E-state index is -0.0244. The summed E-state index contributed by atoms with van der Waals surface area (Å²) in [5, 5.41) is 0. The van der Waals surface area contributed by atoms with Gasteiger partial charge in [0, 0.05) is 16.8 Å². The predicted octanol–water partition coefficient (Wildman–Crippen LogP) is 5.59. The van der Waals surface area contributed by atoms with E-state index in [2.05, 4.69) is 4.98 Å². The van der Waals surface area contributed by atoms with E-state index in [-0.39, 0.29) is 5.78 Å². The van der Waals surface area contributed by atoms with Crippen LogP contribution in [0.3, 0.4) is 0 Å². The van der Waals surface area contributed by atoms with Crippen LogP contribution in [0.1, 0.15) is 16.1 Å². The molecule has 0 aliphatic rings. The lowest BCUT2D eigenvalue weighted by Gasteiger charge is -2.05. The Labute approximate surface area is 158 Å². The number of H-pyrrole nitrogens is 1. The van der Waals surface area contributed by atoms with Gasteiger partial charge in [-0.1, -0.05) is 72.8 Å².